The van der Waals surface area contributed by atoms with Gasteiger partial charge >= 0.3 is 0 Å². The Morgan fingerprint density at radius 2 is 1.68 bits per heavy atom. The fraction of sp³-hybridized carbons (Fsp3) is 0.0714. The van der Waals surface area contributed by atoms with Crippen LogP contribution >= 0.6 is 0 Å². The van der Waals surface area contributed by atoms with E-state index in [1.807, 2.05) is 0 Å². The van der Waals surface area contributed by atoms with Gasteiger partial charge in [0.2, 0.25) is 10.0 Å². The van der Waals surface area contributed by atoms with Gasteiger partial charge in [-0.15, -0.1) is 0 Å². The molecule has 116 valence electrons. The number of hydrogen-bond acceptors (Lipinski definition) is 3. The molecule has 0 unspecified atom stereocenters. The van der Waals surface area contributed by atoms with Crippen LogP contribution in [0.2, 0.25) is 0 Å². The maximum atomic E-state index is 13.0. The van der Waals surface area contributed by atoms with Crippen LogP contribution in [-0.2, 0) is 16.6 Å². The molecule has 0 atom stereocenters. The first-order chi connectivity index (χ1) is 10.3. The van der Waals surface area contributed by atoms with Crippen LogP contribution in [0.15, 0.2) is 47.4 Å². The smallest absolute Gasteiger partial charge is 0.251 e. The number of hydrogen-bond donors (Lipinski definition) is 2. The average molecular weight is 326 g/mol. The van der Waals surface area contributed by atoms with Crippen LogP contribution < -0.4 is 10.5 Å². The fourth-order valence-corrected chi connectivity index (χ4v) is 2.23. The SMILES string of the molecule is NS(=O)(=O)c1ccc(CNC(=O)c2ccc(F)c(F)c2)cc1. The molecular weight excluding hydrogens is 314 g/mol. The zero-order valence-electron chi connectivity index (χ0n) is 11.2. The Bertz CT molecular complexity index is 805. The summed E-state index contributed by atoms with van der Waals surface area (Å²) in [5.41, 5.74) is 0.614. The molecule has 0 radical (unpaired) electrons. The molecule has 0 aromatic heterocycles. The zero-order chi connectivity index (χ0) is 16.3. The lowest BCUT2D eigenvalue weighted by molar-refractivity contribution is 0.0950. The molecule has 0 aliphatic heterocycles. The highest BCUT2D eigenvalue weighted by Crippen LogP contribution is 2.10. The van der Waals surface area contributed by atoms with E-state index in [9.17, 15) is 22.0 Å². The van der Waals surface area contributed by atoms with Crippen molar-refractivity contribution in [2.45, 2.75) is 11.4 Å². The van der Waals surface area contributed by atoms with E-state index >= 15 is 0 Å². The summed E-state index contributed by atoms with van der Waals surface area (Å²) in [5, 5.41) is 7.48. The first kappa shape index (κ1) is 16.1. The fourth-order valence-electron chi connectivity index (χ4n) is 1.72. The Morgan fingerprint density at radius 3 is 2.23 bits per heavy atom. The van der Waals surface area contributed by atoms with Gasteiger partial charge in [0.15, 0.2) is 11.6 Å². The van der Waals surface area contributed by atoms with Gasteiger partial charge < -0.3 is 5.32 Å². The predicted octanol–water partition coefficient (Wildman–Crippen LogP) is 1.54. The number of amides is 1. The predicted molar refractivity (Wildman–Crippen MR) is 75.3 cm³/mol. The number of sulfonamides is 1. The molecule has 0 heterocycles. The van der Waals surface area contributed by atoms with Crippen LogP contribution in [0.25, 0.3) is 0 Å². The van der Waals surface area contributed by atoms with Gasteiger partial charge in [-0.25, -0.2) is 22.3 Å². The van der Waals surface area contributed by atoms with E-state index in [0.717, 1.165) is 18.2 Å². The van der Waals surface area contributed by atoms with E-state index in [1.54, 1.807) is 0 Å². The summed E-state index contributed by atoms with van der Waals surface area (Å²) in [4.78, 5) is 11.8. The van der Waals surface area contributed by atoms with Gasteiger partial charge in [0.1, 0.15) is 0 Å². The molecule has 0 bridgehead atoms. The first-order valence-corrected chi connectivity index (χ1v) is 7.67. The van der Waals surface area contributed by atoms with Crippen molar-refractivity contribution >= 4 is 15.9 Å². The number of benzene rings is 2. The van der Waals surface area contributed by atoms with Crippen LogP contribution in [0.3, 0.4) is 0 Å². The molecule has 2 aromatic rings. The molecule has 5 nitrogen and oxygen atoms in total. The summed E-state index contributed by atoms with van der Waals surface area (Å²) >= 11 is 0. The van der Waals surface area contributed by atoms with Gasteiger partial charge in [-0.05, 0) is 35.9 Å². The van der Waals surface area contributed by atoms with Gasteiger partial charge in [0.05, 0.1) is 4.90 Å². The highest BCUT2D eigenvalue weighted by Gasteiger charge is 2.10. The van der Waals surface area contributed by atoms with E-state index in [-0.39, 0.29) is 17.0 Å². The van der Waals surface area contributed by atoms with Crippen LogP contribution in [-0.4, -0.2) is 14.3 Å². The molecule has 8 heteroatoms. The van der Waals surface area contributed by atoms with E-state index in [2.05, 4.69) is 5.32 Å². The Balaban J connectivity index is 2.03. The standard InChI is InChI=1S/C14H12F2N2O3S/c15-12-6-3-10(7-13(12)16)14(19)18-8-9-1-4-11(5-2-9)22(17,20)21/h1-7H,8H2,(H,18,19)(H2,17,20,21). The van der Waals surface area contributed by atoms with Crippen LogP contribution in [0, 0.1) is 11.6 Å². The van der Waals surface area contributed by atoms with Crippen LogP contribution in [0.5, 0.6) is 0 Å². The molecule has 3 N–H and O–H groups in total. The van der Waals surface area contributed by atoms with Crippen molar-refractivity contribution in [2.75, 3.05) is 0 Å². The second-order valence-electron chi connectivity index (χ2n) is 4.50. The third kappa shape index (κ3) is 3.86. The minimum Gasteiger partial charge on any atom is -0.348 e. The summed E-state index contributed by atoms with van der Waals surface area (Å²) in [5.74, 6) is -2.71. The molecule has 22 heavy (non-hydrogen) atoms. The van der Waals surface area contributed by atoms with Crippen molar-refractivity contribution in [1.29, 1.82) is 0 Å². The molecule has 2 aromatic carbocycles. The van der Waals surface area contributed by atoms with Crippen molar-refractivity contribution in [1.82, 2.24) is 5.32 Å². The third-order valence-corrected chi connectivity index (χ3v) is 3.82. The Labute approximate surface area is 125 Å². The molecular formula is C14H12F2N2O3S. The lowest BCUT2D eigenvalue weighted by Crippen LogP contribution is -2.23. The Morgan fingerprint density at radius 1 is 1.05 bits per heavy atom. The molecule has 0 saturated carbocycles. The van der Waals surface area contributed by atoms with Gasteiger partial charge in [-0.2, -0.15) is 0 Å². The lowest BCUT2D eigenvalue weighted by Gasteiger charge is -2.06. The van der Waals surface area contributed by atoms with Crippen molar-refractivity contribution in [3.63, 3.8) is 0 Å². The number of nitrogens with one attached hydrogen (secondary N) is 1. The number of nitrogens with two attached hydrogens (primary N) is 1. The summed E-state index contributed by atoms with van der Waals surface area (Å²) in [6, 6.07) is 8.44. The van der Waals surface area contributed by atoms with Crippen LogP contribution in [0.4, 0.5) is 8.78 Å². The van der Waals surface area contributed by atoms with Crippen molar-refractivity contribution < 1.29 is 22.0 Å². The van der Waals surface area contributed by atoms with Crippen molar-refractivity contribution in [3.05, 3.63) is 65.2 Å². The molecule has 2 rings (SSSR count). The van der Waals surface area contributed by atoms with Gasteiger partial charge in [0.25, 0.3) is 5.91 Å². The van der Waals surface area contributed by atoms with Gasteiger partial charge in [-0.1, -0.05) is 12.1 Å². The Hall–Kier alpha value is -2.32. The largest absolute Gasteiger partial charge is 0.348 e. The van der Waals surface area contributed by atoms with Gasteiger partial charge in [-0.3, -0.25) is 4.79 Å². The van der Waals surface area contributed by atoms with Crippen LogP contribution in [0.1, 0.15) is 15.9 Å². The highest BCUT2D eigenvalue weighted by molar-refractivity contribution is 7.89. The normalized spacial score (nSPS) is 11.2. The van der Waals surface area contributed by atoms with Crippen molar-refractivity contribution in [3.8, 4) is 0 Å². The number of carbonyl (C=O) groups is 1. The number of halogens is 2. The lowest BCUT2D eigenvalue weighted by atomic mass is 10.2. The monoisotopic (exact) mass is 326 g/mol. The Kier molecular flexibility index (Phi) is 4.53. The number of primary sulfonamides is 1. The topological polar surface area (TPSA) is 89.3 Å². The second kappa shape index (κ2) is 6.20. The maximum absolute atomic E-state index is 13.0. The van der Waals surface area contributed by atoms with E-state index in [1.165, 1.54) is 24.3 Å². The van der Waals surface area contributed by atoms with E-state index < -0.39 is 27.6 Å². The highest BCUT2D eigenvalue weighted by atomic mass is 32.2. The minimum absolute atomic E-state index is 0.0138. The molecule has 0 fully saturated rings. The summed E-state index contributed by atoms with van der Waals surface area (Å²) in [6.45, 7) is 0.0999. The van der Waals surface area contributed by atoms with E-state index in [4.69, 9.17) is 5.14 Å². The maximum Gasteiger partial charge on any atom is 0.251 e. The number of carbonyl (C=O) groups excluding carboxylic acids is 1. The molecule has 0 saturated heterocycles. The quantitative estimate of drug-likeness (QED) is 0.893. The molecule has 0 aliphatic rings. The first-order valence-electron chi connectivity index (χ1n) is 6.12. The summed E-state index contributed by atoms with van der Waals surface area (Å²) < 4.78 is 48.0. The number of rotatable bonds is 4. The van der Waals surface area contributed by atoms with Gasteiger partial charge in [0, 0.05) is 12.1 Å². The second-order valence-corrected chi connectivity index (χ2v) is 6.06. The molecule has 0 spiro atoms. The minimum atomic E-state index is -3.77. The molecule has 1 amide bonds. The summed E-state index contributed by atoms with van der Waals surface area (Å²) in [7, 11) is -3.77. The third-order valence-electron chi connectivity index (χ3n) is 2.89. The average Bonchev–Trinajstić information content (AvgIpc) is 2.47. The van der Waals surface area contributed by atoms with Crippen molar-refractivity contribution in [2.24, 2.45) is 5.14 Å². The van der Waals surface area contributed by atoms with E-state index in [0.29, 0.717) is 5.56 Å². The summed E-state index contributed by atoms with van der Waals surface area (Å²) in [6.07, 6.45) is 0. The zero-order valence-corrected chi connectivity index (χ0v) is 12.0. The molecule has 0 aliphatic carbocycles.